The van der Waals surface area contributed by atoms with Crippen molar-refractivity contribution in [1.82, 2.24) is 5.32 Å². The maximum Gasteiger partial charge on any atom is 0.320 e. The van der Waals surface area contributed by atoms with Crippen LogP contribution in [0.1, 0.15) is 18.4 Å². The normalized spacial score (nSPS) is 16.3. The van der Waals surface area contributed by atoms with E-state index in [0.29, 0.717) is 17.3 Å². The Labute approximate surface area is 111 Å². The van der Waals surface area contributed by atoms with Crippen molar-refractivity contribution in [2.75, 3.05) is 7.11 Å². The smallest absolute Gasteiger partial charge is 0.320 e. The minimum atomic E-state index is -0.780. The molecule has 0 radical (unpaired) electrons. The first-order valence-corrected chi connectivity index (χ1v) is 6.28. The predicted molar refractivity (Wildman–Crippen MR) is 69.0 cm³/mol. The standard InChI is InChI=1S/C13H16ClNO3/c1-18-11-5-2-8(6-10(11)14)7-15-12(13(16)17)9-3-4-9/h2,5-6,9,12,15H,3-4,7H2,1H3,(H,16,17). The zero-order valence-corrected chi connectivity index (χ0v) is 10.9. The summed E-state index contributed by atoms with van der Waals surface area (Å²) in [6.07, 6.45) is 1.99. The van der Waals surface area contributed by atoms with Gasteiger partial charge in [-0.25, -0.2) is 0 Å². The molecule has 1 fully saturated rings. The molecule has 1 aliphatic carbocycles. The van der Waals surface area contributed by atoms with Crippen LogP contribution in [0.2, 0.25) is 5.02 Å². The maximum absolute atomic E-state index is 11.1. The van der Waals surface area contributed by atoms with Crippen LogP contribution in [-0.2, 0) is 11.3 Å². The monoisotopic (exact) mass is 269 g/mol. The number of hydrogen-bond acceptors (Lipinski definition) is 3. The molecule has 1 unspecified atom stereocenters. The molecule has 0 aliphatic heterocycles. The van der Waals surface area contributed by atoms with E-state index >= 15 is 0 Å². The number of rotatable bonds is 6. The Morgan fingerprint density at radius 3 is 2.83 bits per heavy atom. The fourth-order valence-electron chi connectivity index (χ4n) is 1.93. The van der Waals surface area contributed by atoms with E-state index in [9.17, 15) is 4.79 Å². The molecule has 0 saturated heterocycles. The summed E-state index contributed by atoms with van der Waals surface area (Å²) in [7, 11) is 1.56. The van der Waals surface area contributed by atoms with Gasteiger partial charge in [0.05, 0.1) is 12.1 Å². The molecular formula is C13H16ClNO3. The lowest BCUT2D eigenvalue weighted by molar-refractivity contribution is -0.140. The van der Waals surface area contributed by atoms with Gasteiger partial charge in [0.1, 0.15) is 11.8 Å². The SMILES string of the molecule is COc1ccc(CNC(C(=O)O)C2CC2)cc1Cl. The van der Waals surface area contributed by atoms with Crippen molar-refractivity contribution in [3.8, 4) is 5.75 Å². The van der Waals surface area contributed by atoms with E-state index in [4.69, 9.17) is 21.4 Å². The molecule has 18 heavy (non-hydrogen) atoms. The molecule has 4 nitrogen and oxygen atoms in total. The number of carboxylic acid groups (broad SMARTS) is 1. The number of hydrogen-bond donors (Lipinski definition) is 2. The zero-order chi connectivity index (χ0) is 13.1. The lowest BCUT2D eigenvalue weighted by Crippen LogP contribution is -2.38. The van der Waals surface area contributed by atoms with Gasteiger partial charge in [-0.3, -0.25) is 4.79 Å². The van der Waals surface area contributed by atoms with Crippen molar-refractivity contribution in [2.45, 2.75) is 25.4 Å². The number of halogens is 1. The Kier molecular flexibility index (Phi) is 4.09. The van der Waals surface area contributed by atoms with Gasteiger partial charge in [-0.05, 0) is 36.5 Å². The van der Waals surface area contributed by atoms with Crippen molar-refractivity contribution >= 4 is 17.6 Å². The first kappa shape index (κ1) is 13.2. The summed E-state index contributed by atoms with van der Waals surface area (Å²) in [6.45, 7) is 0.497. The summed E-state index contributed by atoms with van der Waals surface area (Å²) >= 11 is 6.01. The molecule has 1 saturated carbocycles. The first-order chi connectivity index (χ1) is 8.61. The van der Waals surface area contributed by atoms with Gasteiger partial charge in [0.25, 0.3) is 0 Å². The Morgan fingerprint density at radius 1 is 1.61 bits per heavy atom. The molecule has 1 aromatic rings. The zero-order valence-electron chi connectivity index (χ0n) is 10.1. The van der Waals surface area contributed by atoms with Gasteiger partial charge in [-0.2, -0.15) is 0 Å². The minimum absolute atomic E-state index is 0.274. The number of ether oxygens (including phenoxy) is 1. The van der Waals surface area contributed by atoms with E-state index in [-0.39, 0.29) is 5.92 Å². The lowest BCUT2D eigenvalue weighted by Gasteiger charge is -2.14. The predicted octanol–water partition coefficient (Wildman–Crippen LogP) is 2.30. The van der Waals surface area contributed by atoms with Gasteiger partial charge >= 0.3 is 5.97 Å². The van der Waals surface area contributed by atoms with Gasteiger partial charge in [0.15, 0.2) is 0 Å². The minimum Gasteiger partial charge on any atom is -0.495 e. The molecule has 98 valence electrons. The van der Waals surface area contributed by atoms with Crippen molar-refractivity contribution in [3.05, 3.63) is 28.8 Å². The highest BCUT2D eigenvalue weighted by molar-refractivity contribution is 6.32. The third kappa shape index (κ3) is 3.15. The third-order valence-electron chi connectivity index (χ3n) is 3.10. The Morgan fingerprint density at radius 2 is 2.33 bits per heavy atom. The second-order valence-electron chi connectivity index (χ2n) is 4.50. The molecule has 0 amide bonds. The van der Waals surface area contributed by atoms with Crippen molar-refractivity contribution < 1.29 is 14.6 Å². The van der Waals surface area contributed by atoms with Gasteiger partial charge in [-0.15, -0.1) is 0 Å². The van der Waals surface area contributed by atoms with E-state index in [2.05, 4.69) is 5.32 Å². The fourth-order valence-corrected chi connectivity index (χ4v) is 2.21. The van der Waals surface area contributed by atoms with Crippen molar-refractivity contribution in [3.63, 3.8) is 0 Å². The molecule has 5 heteroatoms. The molecule has 0 heterocycles. The molecule has 1 aliphatic rings. The second-order valence-corrected chi connectivity index (χ2v) is 4.91. The Hall–Kier alpha value is -1.26. The number of methoxy groups -OCH3 is 1. The van der Waals surface area contributed by atoms with Crippen LogP contribution in [0.25, 0.3) is 0 Å². The summed E-state index contributed by atoms with van der Waals surface area (Å²) in [5.41, 5.74) is 0.952. The molecule has 0 aromatic heterocycles. The number of benzene rings is 1. The molecule has 2 N–H and O–H groups in total. The Balaban J connectivity index is 1.96. The average Bonchev–Trinajstić information content (AvgIpc) is 3.13. The number of carbonyl (C=O) groups is 1. The molecule has 0 bridgehead atoms. The maximum atomic E-state index is 11.1. The molecule has 1 aromatic carbocycles. The fraction of sp³-hybridized carbons (Fsp3) is 0.462. The quantitative estimate of drug-likeness (QED) is 0.832. The summed E-state index contributed by atoms with van der Waals surface area (Å²) in [5, 5.41) is 12.7. The number of carboxylic acids is 1. The lowest BCUT2D eigenvalue weighted by atomic mass is 10.1. The van der Waals surface area contributed by atoms with Crippen LogP contribution in [-0.4, -0.2) is 24.2 Å². The Bertz CT molecular complexity index is 446. The van der Waals surface area contributed by atoms with E-state index in [0.717, 1.165) is 18.4 Å². The van der Waals surface area contributed by atoms with Crippen LogP contribution in [0.15, 0.2) is 18.2 Å². The topological polar surface area (TPSA) is 58.6 Å². The number of aliphatic carboxylic acids is 1. The number of nitrogens with one attached hydrogen (secondary N) is 1. The van der Waals surface area contributed by atoms with Gasteiger partial charge in [0, 0.05) is 6.54 Å². The summed E-state index contributed by atoms with van der Waals surface area (Å²) in [6, 6.07) is 5.00. The highest BCUT2D eigenvalue weighted by atomic mass is 35.5. The molecule has 0 spiro atoms. The summed E-state index contributed by atoms with van der Waals surface area (Å²) < 4.78 is 5.07. The first-order valence-electron chi connectivity index (χ1n) is 5.90. The summed E-state index contributed by atoms with van der Waals surface area (Å²) in [5.74, 6) is 0.116. The van der Waals surface area contributed by atoms with Crippen LogP contribution in [0.3, 0.4) is 0 Å². The highest BCUT2D eigenvalue weighted by Crippen LogP contribution is 2.33. The van der Waals surface area contributed by atoms with Crippen molar-refractivity contribution in [1.29, 1.82) is 0 Å². The van der Waals surface area contributed by atoms with E-state index in [1.54, 1.807) is 19.2 Å². The van der Waals surface area contributed by atoms with Gasteiger partial charge in [-0.1, -0.05) is 17.7 Å². The summed E-state index contributed by atoms with van der Waals surface area (Å²) in [4.78, 5) is 11.1. The van der Waals surface area contributed by atoms with Crippen LogP contribution in [0.5, 0.6) is 5.75 Å². The van der Waals surface area contributed by atoms with Crippen LogP contribution >= 0.6 is 11.6 Å². The highest BCUT2D eigenvalue weighted by Gasteiger charge is 2.35. The van der Waals surface area contributed by atoms with Crippen LogP contribution < -0.4 is 10.1 Å². The van der Waals surface area contributed by atoms with E-state index in [1.165, 1.54) is 0 Å². The van der Waals surface area contributed by atoms with Crippen molar-refractivity contribution in [2.24, 2.45) is 5.92 Å². The van der Waals surface area contributed by atoms with Gasteiger partial charge < -0.3 is 15.2 Å². The average molecular weight is 270 g/mol. The van der Waals surface area contributed by atoms with E-state index < -0.39 is 12.0 Å². The van der Waals surface area contributed by atoms with Crippen LogP contribution in [0, 0.1) is 5.92 Å². The largest absolute Gasteiger partial charge is 0.495 e. The second kappa shape index (κ2) is 5.59. The molecule has 1 atom stereocenters. The van der Waals surface area contributed by atoms with Gasteiger partial charge in [0.2, 0.25) is 0 Å². The molecular weight excluding hydrogens is 254 g/mol. The molecule has 2 rings (SSSR count). The van der Waals surface area contributed by atoms with Crippen LogP contribution in [0.4, 0.5) is 0 Å². The third-order valence-corrected chi connectivity index (χ3v) is 3.40. The van der Waals surface area contributed by atoms with E-state index in [1.807, 2.05) is 6.07 Å².